The highest BCUT2D eigenvalue weighted by Crippen LogP contribution is 2.38. The Morgan fingerprint density at radius 3 is 2.29 bits per heavy atom. The number of hydrogen-bond donors (Lipinski definition) is 0. The first kappa shape index (κ1) is 13.1. The van der Waals surface area contributed by atoms with Crippen molar-refractivity contribution in [2.45, 2.75) is 76.7 Å². The number of nitrogens with zero attached hydrogens (tertiary/aromatic N) is 1. The maximum absolute atomic E-state index is 12.6. The molecule has 98 valence electrons. The van der Waals surface area contributed by atoms with Gasteiger partial charge in [-0.2, -0.15) is 0 Å². The van der Waals surface area contributed by atoms with E-state index in [1.54, 1.807) is 0 Å². The van der Waals surface area contributed by atoms with Crippen molar-refractivity contribution in [2.24, 2.45) is 0 Å². The Hall–Kier alpha value is -0.370. The molecule has 0 N–H and O–H groups in total. The van der Waals surface area contributed by atoms with Gasteiger partial charge in [0.2, 0.25) is 0 Å². The van der Waals surface area contributed by atoms with Crippen molar-refractivity contribution in [3.8, 4) is 0 Å². The largest absolute Gasteiger partial charge is 0.298 e. The number of likely N-dealkylation sites (tertiary alicyclic amines) is 1. The monoisotopic (exact) mass is 237 g/mol. The summed E-state index contributed by atoms with van der Waals surface area (Å²) in [6, 6.07) is 0. The van der Waals surface area contributed by atoms with Crippen LogP contribution in [0.5, 0.6) is 0 Å². The predicted molar refractivity (Wildman–Crippen MR) is 71.2 cm³/mol. The van der Waals surface area contributed by atoms with Crippen LogP contribution in [-0.2, 0) is 4.79 Å². The summed E-state index contributed by atoms with van der Waals surface area (Å²) < 4.78 is 0. The van der Waals surface area contributed by atoms with Gasteiger partial charge in [-0.15, -0.1) is 0 Å². The Morgan fingerprint density at radius 2 is 1.71 bits per heavy atom. The van der Waals surface area contributed by atoms with Crippen molar-refractivity contribution >= 4 is 5.78 Å². The fraction of sp³-hybridized carbons (Fsp3) is 0.933. The van der Waals surface area contributed by atoms with Crippen LogP contribution in [-0.4, -0.2) is 29.3 Å². The second-order valence-electron chi connectivity index (χ2n) is 5.81. The van der Waals surface area contributed by atoms with Gasteiger partial charge < -0.3 is 0 Å². The highest BCUT2D eigenvalue weighted by Gasteiger charge is 2.45. The molecular weight excluding hydrogens is 210 g/mol. The average Bonchev–Trinajstić information content (AvgIpc) is 2.87. The summed E-state index contributed by atoms with van der Waals surface area (Å²) in [6.45, 7) is 4.51. The minimum absolute atomic E-state index is 0.0322. The number of carbonyl (C=O) groups is 1. The van der Waals surface area contributed by atoms with Gasteiger partial charge in [-0.3, -0.25) is 9.69 Å². The van der Waals surface area contributed by atoms with E-state index in [0.29, 0.717) is 5.78 Å². The van der Waals surface area contributed by atoms with Crippen LogP contribution < -0.4 is 0 Å². The van der Waals surface area contributed by atoms with Gasteiger partial charge in [0.15, 0.2) is 5.78 Å². The Morgan fingerprint density at radius 1 is 1.06 bits per heavy atom. The van der Waals surface area contributed by atoms with Crippen LogP contribution >= 0.6 is 0 Å². The number of carbonyl (C=O) groups excluding carboxylic acids is 1. The highest BCUT2D eigenvalue weighted by molar-refractivity contribution is 5.88. The maximum atomic E-state index is 12.6. The van der Waals surface area contributed by atoms with Gasteiger partial charge in [0.05, 0.1) is 5.54 Å². The normalized spacial score (nSPS) is 25.0. The van der Waals surface area contributed by atoms with E-state index >= 15 is 0 Å². The van der Waals surface area contributed by atoms with Crippen molar-refractivity contribution in [3.63, 3.8) is 0 Å². The lowest BCUT2D eigenvalue weighted by atomic mass is 9.85. The Labute approximate surface area is 106 Å². The van der Waals surface area contributed by atoms with Gasteiger partial charge in [0, 0.05) is 6.42 Å². The van der Waals surface area contributed by atoms with E-state index in [1.165, 1.54) is 32.1 Å². The van der Waals surface area contributed by atoms with Gasteiger partial charge in [0.25, 0.3) is 0 Å². The second-order valence-corrected chi connectivity index (χ2v) is 5.81. The van der Waals surface area contributed by atoms with Gasteiger partial charge in [-0.05, 0) is 45.2 Å². The van der Waals surface area contributed by atoms with E-state index in [9.17, 15) is 4.79 Å². The third kappa shape index (κ3) is 2.73. The average molecular weight is 237 g/mol. The molecule has 0 bridgehead atoms. The van der Waals surface area contributed by atoms with E-state index in [4.69, 9.17) is 0 Å². The Balaban J connectivity index is 2.05. The van der Waals surface area contributed by atoms with E-state index in [2.05, 4.69) is 11.8 Å². The molecule has 2 rings (SSSR count). The van der Waals surface area contributed by atoms with Crippen LogP contribution in [0.1, 0.15) is 71.1 Å². The van der Waals surface area contributed by atoms with Gasteiger partial charge in [-0.25, -0.2) is 0 Å². The van der Waals surface area contributed by atoms with Crippen LogP contribution in [0.25, 0.3) is 0 Å². The summed E-state index contributed by atoms with van der Waals surface area (Å²) >= 11 is 0. The maximum Gasteiger partial charge on any atom is 0.153 e. The van der Waals surface area contributed by atoms with Crippen molar-refractivity contribution in [1.29, 1.82) is 0 Å². The predicted octanol–water partition coefficient (Wildman–Crippen LogP) is 3.54. The van der Waals surface area contributed by atoms with Crippen LogP contribution in [0.2, 0.25) is 0 Å². The Bertz CT molecular complexity index is 250. The molecule has 1 saturated heterocycles. The van der Waals surface area contributed by atoms with E-state index < -0.39 is 0 Å². The van der Waals surface area contributed by atoms with Crippen LogP contribution in [0.3, 0.4) is 0 Å². The molecule has 0 aromatic carbocycles. The minimum atomic E-state index is -0.0322. The van der Waals surface area contributed by atoms with Crippen molar-refractivity contribution < 1.29 is 4.79 Å². The summed E-state index contributed by atoms with van der Waals surface area (Å²) in [5, 5.41) is 0. The molecule has 17 heavy (non-hydrogen) atoms. The molecule has 0 amide bonds. The van der Waals surface area contributed by atoms with Crippen molar-refractivity contribution in [3.05, 3.63) is 0 Å². The third-order valence-corrected chi connectivity index (χ3v) is 4.67. The summed E-state index contributed by atoms with van der Waals surface area (Å²) in [5.74, 6) is 0.554. The van der Waals surface area contributed by atoms with Crippen LogP contribution in [0, 0.1) is 0 Å². The van der Waals surface area contributed by atoms with Crippen LogP contribution in [0.4, 0.5) is 0 Å². The first-order valence-electron chi connectivity index (χ1n) is 7.58. The SMILES string of the molecule is CCCCC(=O)C1(N2CCCCC2)CCCC1. The molecule has 2 fully saturated rings. The van der Waals surface area contributed by atoms with E-state index in [0.717, 1.165) is 45.2 Å². The van der Waals surface area contributed by atoms with Gasteiger partial charge in [-0.1, -0.05) is 32.6 Å². The molecule has 2 nitrogen and oxygen atoms in total. The van der Waals surface area contributed by atoms with E-state index in [1.807, 2.05) is 0 Å². The van der Waals surface area contributed by atoms with Crippen LogP contribution in [0.15, 0.2) is 0 Å². The minimum Gasteiger partial charge on any atom is -0.298 e. The lowest BCUT2D eigenvalue weighted by Crippen LogP contribution is -2.54. The highest BCUT2D eigenvalue weighted by atomic mass is 16.1. The molecule has 1 aliphatic carbocycles. The fourth-order valence-corrected chi connectivity index (χ4v) is 3.62. The summed E-state index contributed by atoms with van der Waals surface area (Å²) in [4.78, 5) is 15.1. The molecule has 2 heteroatoms. The summed E-state index contributed by atoms with van der Waals surface area (Å²) in [7, 11) is 0. The molecule has 0 spiro atoms. The second kappa shape index (κ2) is 5.99. The summed E-state index contributed by atoms with van der Waals surface area (Å²) in [5.41, 5.74) is -0.0322. The molecular formula is C15H27NO. The number of piperidine rings is 1. The first-order chi connectivity index (χ1) is 8.29. The number of Topliss-reactive ketones (excluding diaryl/α,β-unsaturated/α-hetero) is 1. The zero-order valence-electron chi connectivity index (χ0n) is 11.3. The van der Waals surface area contributed by atoms with E-state index in [-0.39, 0.29) is 5.54 Å². The van der Waals surface area contributed by atoms with Gasteiger partial charge in [0.1, 0.15) is 0 Å². The number of hydrogen-bond acceptors (Lipinski definition) is 2. The Kier molecular flexibility index (Phi) is 4.61. The molecule has 2 aliphatic rings. The molecule has 1 saturated carbocycles. The zero-order chi connectivity index (χ0) is 12.1. The van der Waals surface area contributed by atoms with Gasteiger partial charge >= 0.3 is 0 Å². The molecule has 1 aliphatic heterocycles. The molecule has 1 heterocycles. The topological polar surface area (TPSA) is 20.3 Å². The first-order valence-corrected chi connectivity index (χ1v) is 7.58. The number of unbranched alkanes of at least 4 members (excludes halogenated alkanes) is 1. The molecule has 0 aromatic heterocycles. The van der Waals surface area contributed by atoms with Crippen molar-refractivity contribution in [2.75, 3.05) is 13.1 Å². The van der Waals surface area contributed by atoms with Crippen molar-refractivity contribution in [1.82, 2.24) is 4.90 Å². The lowest BCUT2D eigenvalue weighted by molar-refractivity contribution is -0.132. The fourth-order valence-electron chi connectivity index (χ4n) is 3.62. The molecule has 0 atom stereocenters. The molecule has 0 unspecified atom stereocenters. The number of rotatable bonds is 5. The summed E-state index contributed by atoms with van der Waals surface area (Å²) in [6.07, 6.45) is 11.8. The smallest absolute Gasteiger partial charge is 0.153 e. The molecule has 0 aromatic rings. The zero-order valence-corrected chi connectivity index (χ0v) is 11.3. The standard InChI is InChI=1S/C15H27NO/c1-2-3-9-14(17)15(10-5-6-11-15)16-12-7-4-8-13-16/h2-13H2,1H3. The quantitative estimate of drug-likeness (QED) is 0.729. The molecule has 0 radical (unpaired) electrons. The number of ketones is 1. The lowest BCUT2D eigenvalue weighted by Gasteiger charge is -2.42. The third-order valence-electron chi connectivity index (χ3n) is 4.67.